The lowest BCUT2D eigenvalue weighted by molar-refractivity contribution is -0.0592. The molecule has 8 nitrogen and oxygen atoms in total. The Labute approximate surface area is 253 Å². The molecule has 0 N–H and O–H groups in total. The van der Waals surface area contributed by atoms with Gasteiger partial charge in [0.1, 0.15) is 17.9 Å². The van der Waals surface area contributed by atoms with Crippen molar-refractivity contribution >= 4 is 22.1 Å². The van der Waals surface area contributed by atoms with Crippen molar-refractivity contribution in [1.82, 2.24) is 24.4 Å². The van der Waals surface area contributed by atoms with Crippen LogP contribution in [0.5, 0.6) is 5.88 Å². The van der Waals surface area contributed by atoms with Crippen LogP contribution in [0, 0.1) is 6.92 Å². The fourth-order valence-corrected chi connectivity index (χ4v) is 6.25. The predicted molar refractivity (Wildman–Crippen MR) is 167 cm³/mol. The standard InChI is InChI=1S/C35H41N5O3/c1-23-36-30-10-8-24(18-32(30)43-23)22-42-34-7-5-6-28(38-34)25-12-15-39(16-13-25)21-33-37-29-11-9-26(35(2,3)4)19-31(29)40(33)20-27-14-17-41-27/h5-11,18-19,25,27H,12-17,20-22H2,1-4H3. The molecule has 1 unspecified atom stereocenters. The van der Waals surface area contributed by atoms with Crippen LogP contribution in [0.4, 0.5) is 0 Å². The summed E-state index contributed by atoms with van der Waals surface area (Å²) in [6.07, 6.45) is 3.54. The maximum absolute atomic E-state index is 6.09. The van der Waals surface area contributed by atoms with E-state index in [0.717, 1.165) is 85.7 Å². The summed E-state index contributed by atoms with van der Waals surface area (Å²) in [5.74, 6) is 2.90. The maximum Gasteiger partial charge on any atom is 0.213 e. The van der Waals surface area contributed by atoms with E-state index in [-0.39, 0.29) is 11.5 Å². The number of rotatable bonds is 8. The first kappa shape index (κ1) is 28.0. The molecule has 2 aromatic carbocycles. The molecule has 5 aromatic rings. The van der Waals surface area contributed by atoms with E-state index in [9.17, 15) is 0 Å². The van der Waals surface area contributed by atoms with Crippen LogP contribution >= 0.6 is 0 Å². The Bertz CT molecular complexity index is 1740. The number of hydrogen-bond donors (Lipinski definition) is 0. The maximum atomic E-state index is 6.09. The average molecular weight is 580 g/mol. The molecule has 8 heteroatoms. The SMILES string of the molecule is Cc1nc2ccc(COc3cccc(C4CCN(Cc5nc6ccc(C(C)(C)C)cc6n5CC5CCO5)CC4)n3)cc2o1. The Morgan fingerprint density at radius 1 is 0.930 bits per heavy atom. The summed E-state index contributed by atoms with van der Waals surface area (Å²) in [7, 11) is 0. The van der Waals surface area contributed by atoms with Crippen LogP contribution in [0.3, 0.4) is 0 Å². The largest absolute Gasteiger partial charge is 0.473 e. The number of likely N-dealkylation sites (tertiary alicyclic amines) is 1. The second kappa shape index (κ2) is 11.4. The van der Waals surface area contributed by atoms with E-state index in [0.29, 0.717) is 24.3 Å². The highest BCUT2D eigenvalue weighted by Crippen LogP contribution is 2.31. The lowest BCUT2D eigenvalue weighted by Gasteiger charge is -2.32. The summed E-state index contributed by atoms with van der Waals surface area (Å²) in [5.41, 5.74) is 7.54. The number of hydrogen-bond acceptors (Lipinski definition) is 7. The molecule has 0 radical (unpaired) electrons. The van der Waals surface area contributed by atoms with Gasteiger partial charge in [0.2, 0.25) is 5.88 Å². The summed E-state index contributed by atoms with van der Waals surface area (Å²) in [6.45, 7) is 13.7. The first-order chi connectivity index (χ1) is 20.8. The molecule has 0 spiro atoms. The Morgan fingerprint density at radius 3 is 2.51 bits per heavy atom. The fraction of sp³-hybridized carbons (Fsp3) is 0.457. The molecule has 224 valence electrons. The lowest BCUT2D eigenvalue weighted by atomic mass is 9.87. The summed E-state index contributed by atoms with van der Waals surface area (Å²) in [4.78, 5) is 16.9. The van der Waals surface area contributed by atoms with Gasteiger partial charge in [-0.15, -0.1) is 0 Å². The van der Waals surface area contributed by atoms with Crippen LogP contribution in [0.25, 0.3) is 22.1 Å². The van der Waals surface area contributed by atoms with E-state index in [1.807, 2.05) is 31.2 Å². The number of benzene rings is 2. The average Bonchev–Trinajstić information content (AvgIpc) is 3.51. The van der Waals surface area contributed by atoms with Gasteiger partial charge >= 0.3 is 0 Å². The van der Waals surface area contributed by atoms with Gasteiger partial charge in [-0.2, -0.15) is 0 Å². The number of aryl methyl sites for hydroxylation is 1. The number of aromatic nitrogens is 4. The molecule has 0 amide bonds. The molecule has 0 bridgehead atoms. The zero-order valence-corrected chi connectivity index (χ0v) is 25.7. The van der Waals surface area contributed by atoms with Crippen LogP contribution in [-0.2, 0) is 29.8 Å². The number of piperidine rings is 1. The van der Waals surface area contributed by atoms with Crippen LogP contribution < -0.4 is 4.74 Å². The molecular formula is C35H41N5O3. The highest BCUT2D eigenvalue weighted by Gasteiger charge is 2.26. The molecule has 3 aromatic heterocycles. The third-order valence-corrected chi connectivity index (χ3v) is 8.94. The van der Waals surface area contributed by atoms with Crippen molar-refractivity contribution in [1.29, 1.82) is 0 Å². The molecule has 7 rings (SSSR count). The van der Waals surface area contributed by atoms with Gasteiger partial charge in [-0.1, -0.05) is 39.0 Å². The highest BCUT2D eigenvalue weighted by molar-refractivity contribution is 5.77. The second-order valence-electron chi connectivity index (χ2n) is 13.1. The van der Waals surface area contributed by atoms with Gasteiger partial charge in [-0.25, -0.2) is 15.0 Å². The third kappa shape index (κ3) is 6.04. The molecule has 2 fully saturated rings. The quantitative estimate of drug-likeness (QED) is 0.197. The Hall–Kier alpha value is -3.75. The van der Waals surface area contributed by atoms with Crippen molar-refractivity contribution in [3.63, 3.8) is 0 Å². The molecule has 2 saturated heterocycles. The van der Waals surface area contributed by atoms with Crippen molar-refractivity contribution in [2.75, 3.05) is 19.7 Å². The van der Waals surface area contributed by atoms with Crippen LogP contribution in [0.2, 0.25) is 0 Å². The monoisotopic (exact) mass is 579 g/mol. The minimum absolute atomic E-state index is 0.0970. The molecule has 0 saturated carbocycles. The van der Waals surface area contributed by atoms with E-state index >= 15 is 0 Å². The summed E-state index contributed by atoms with van der Waals surface area (Å²) in [6, 6.07) is 18.9. The number of fused-ring (bicyclic) bond motifs is 2. The van der Waals surface area contributed by atoms with Crippen molar-refractivity contribution < 1.29 is 13.9 Å². The van der Waals surface area contributed by atoms with E-state index in [1.165, 1.54) is 11.1 Å². The molecule has 0 aliphatic carbocycles. The van der Waals surface area contributed by atoms with Crippen molar-refractivity contribution in [2.45, 2.75) is 84.1 Å². The molecule has 43 heavy (non-hydrogen) atoms. The van der Waals surface area contributed by atoms with Crippen molar-refractivity contribution in [3.05, 3.63) is 83.1 Å². The first-order valence-corrected chi connectivity index (χ1v) is 15.6. The van der Waals surface area contributed by atoms with Gasteiger partial charge in [0.25, 0.3) is 0 Å². The van der Waals surface area contributed by atoms with E-state index in [1.54, 1.807) is 0 Å². The second-order valence-corrected chi connectivity index (χ2v) is 13.1. The van der Waals surface area contributed by atoms with Crippen molar-refractivity contribution in [2.24, 2.45) is 0 Å². The molecule has 1 atom stereocenters. The van der Waals surface area contributed by atoms with E-state index < -0.39 is 0 Å². The Kier molecular flexibility index (Phi) is 7.43. The molecular weight excluding hydrogens is 538 g/mol. The molecule has 5 heterocycles. The summed E-state index contributed by atoms with van der Waals surface area (Å²) in [5, 5.41) is 0. The normalized spacial score (nSPS) is 18.4. The van der Waals surface area contributed by atoms with E-state index in [2.05, 4.69) is 65.6 Å². The Morgan fingerprint density at radius 2 is 1.74 bits per heavy atom. The number of ether oxygens (including phenoxy) is 2. The topological polar surface area (TPSA) is 78.4 Å². The van der Waals surface area contributed by atoms with Crippen LogP contribution in [-0.4, -0.2) is 50.2 Å². The molecule has 2 aliphatic rings. The summed E-state index contributed by atoms with van der Waals surface area (Å²) >= 11 is 0. The number of oxazole rings is 1. The van der Waals surface area contributed by atoms with E-state index in [4.69, 9.17) is 23.9 Å². The van der Waals surface area contributed by atoms with Gasteiger partial charge < -0.3 is 18.5 Å². The smallest absolute Gasteiger partial charge is 0.213 e. The molecule has 2 aliphatic heterocycles. The minimum Gasteiger partial charge on any atom is -0.473 e. The number of nitrogens with zero attached hydrogens (tertiary/aromatic N) is 5. The summed E-state index contributed by atoms with van der Waals surface area (Å²) < 4.78 is 20.0. The zero-order chi connectivity index (χ0) is 29.6. The Balaban J connectivity index is 1.00. The lowest BCUT2D eigenvalue weighted by Crippen LogP contribution is -2.35. The minimum atomic E-state index is 0.0970. The first-order valence-electron chi connectivity index (χ1n) is 15.6. The van der Waals surface area contributed by atoms with Gasteiger partial charge in [0, 0.05) is 31.2 Å². The van der Waals surface area contributed by atoms with Crippen LogP contribution in [0.1, 0.15) is 74.5 Å². The number of imidazole rings is 1. The highest BCUT2D eigenvalue weighted by atomic mass is 16.5. The van der Waals surface area contributed by atoms with Crippen molar-refractivity contribution in [3.8, 4) is 5.88 Å². The van der Waals surface area contributed by atoms with Gasteiger partial charge in [-0.3, -0.25) is 4.90 Å². The van der Waals surface area contributed by atoms with Gasteiger partial charge in [0.15, 0.2) is 11.5 Å². The number of pyridine rings is 1. The van der Waals surface area contributed by atoms with Gasteiger partial charge in [-0.05, 0) is 79.2 Å². The third-order valence-electron chi connectivity index (χ3n) is 8.94. The zero-order valence-electron chi connectivity index (χ0n) is 25.7. The predicted octanol–water partition coefficient (Wildman–Crippen LogP) is 6.93. The fourth-order valence-electron chi connectivity index (χ4n) is 6.25. The van der Waals surface area contributed by atoms with Gasteiger partial charge in [0.05, 0.1) is 30.2 Å². The van der Waals surface area contributed by atoms with Crippen LogP contribution in [0.15, 0.2) is 59.0 Å².